The van der Waals surface area contributed by atoms with Gasteiger partial charge in [0.25, 0.3) is 0 Å². The van der Waals surface area contributed by atoms with Crippen molar-refractivity contribution in [2.24, 2.45) is 0 Å². The number of carbonyl (C=O) groups excluding carboxylic acids is 1. The van der Waals surface area contributed by atoms with E-state index in [4.69, 9.17) is 16.6 Å². The van der Waals surface area contributed by atoms with Crippen LogP contribution in [0, 0.1) is 0 Å². The molecule has 0 aliphatic rings. The molecule has 1 amide bonds. The van der Waals surface area contributed by atoms with E-state index in [1.165, 1.54) is 5.56 Å². The van der Waals surface area contributed by atoms with Gasteiger partial charge in [-0.15, -0.1) is 0 Å². The summed E-state index contributed by atoms with van der Waals surface area (Å²) >= 11 is 10.0. The average Bonchev–Trinajstić information content (AvgIpc) is 3.32. The van der Waals surface area contributed by atoms with E-state index >= 15 is 0 Å². The van der Waals surface area contributed by atoms with Crippen molar-refractivity contribution in [1.82, 2.24) is 19.9 Å². The maximum atomic E-state index is 12.6. The highest BCUT2D eigenvalue weighted by atomic mass is 79.9. The number of fused-ring (bicyclic) bond motifs is 1. The predicted molar refractivity (Wildman–Crippen MR) is 157 cm³/mol. The van der Waals surface area contributed by atoms with Crippen LogP contribution in [0.4, 0.5) is 0 Å². The van der Waals surface area contributed by atoms with Crippen LogP contribution in [0.25, 0.3) is 23.0 Å². The van der Waals surface area contributed by atoms with Crippen LogP contribution < -0.4 is 5.32 Å². The second-order valence-corrected chi connectivity index (χ2v) is 10.3. The van der Waals surface area contributed by atoms with Gasteiger partial charge < -0.3 is 5.32 Å². The Kier molecular flexibility index (Phi) is 8.01. The van der Waals surface area contributed by atoms with Crippen LogP contribution in [-0.4, -0.2) is 20.5 Å². The number of aromatic nitrogens is 3. The maximum absolute atomic E-state index is 12.6. The number of amides is 1. The van der Waals surface area contributed by atoms with Crippen LogP contribution >= 0.6 is 27.5 Å². The van der Waals surface area contributed by atoms with Crippen LogP contribution in [0.5, 0.6) is 0 Å². The fourth-order valence-electron chi connectivity index (χ4n) is 4.34. The number of aryl methyl sites for hydroxylation is 2. The van der Waals surface area contributed by atoms with Gasteiger partial charge in [-0.05, 0) is 70.6 Å². The number of halogens is 2. The third kappa shape index (κ3) is 6.04. The zero-order chi connectivity index (χ0) is 26.5. The molecule has 2 heterocycles. The number of benzene rings is 3. The summed E-state index contributed by atoms with van der Waals surface area (Å²) in [7, 11) is 0. The summed E-state index contributed by atoms with van der Waals surface area (Å²) in [4.78, 5) is 17.4. The Morgan fingerprint density at radius 1 is 0.974 bits per heavy atom. The van der Waals surface area contributed by atoms with E-state index in [1.54, 1.807) is 6.20 Å². The summed E-state index contributed by atoms with van der Waals surface area (Å²) in [5.41, 5.74) is 7.42. The molecule has 0 unspecified atom stereocenters. The maximum Gasteiger partial charge on any atom is 0.247 e. The molecule has 38 heavy (non-hydrogen) atoms. The molecule has 2 aromatic heterocycles. The Hall–Kier alpha value is -3.74. The molecule has 0 bridgehead atoms. The monoisotopic (exact) mass is 584 g/mol. The van der Waals surface area contributed by atoms with Gasteiger partial charge >= 0.3 is 0 Å². The van der Waals surface area contributed by atoms with Gasteiger partial charge in [-0.2, -0.15) is 5.10 Å². The van der Waals surface area contributed by atoms with Crippen LogP contribution in [0.1, 0.15) is 29.3 Å². The molecule has 3 aromatic carbocycles. The number of hydrogen-bond donors (Lipinski definition) is 1. The van der Waals surface area contributed by atoms with Crippen molar-refractivity contribution in [2.45, 2.75) is 26.3 Å². The minimum Gasteiger partial charge on any atom is -0.348 e. The van der Waals surface area contributed by atoms with E-state index in [0.29, 0.717) is 17.1 Å². The summed E-state index contributed by atoms with van der Waals surface area (Å²) < 4.78 is 2.71. The highest BCUT2D eigenvalue weighted by Crippen LogP contribution is 2.29. The first-order chi connectivity index (χ1) is 18.5. The molecule has 0 fully saturated rings. The molecule has 0 spiro atoms. The highest BCUT2D eigenvalue weighted by Gasteiger charge is 2.13. The summed E-state index contributed by atoms with van der Waals surface area (Å²) in [6, 6.07) is 27.9. The van der Waals surface area contributed by atoms with Crippen molar-refractivity contribution >= 4 is 45.2 Å². The van der Waals surface area contributed by atoms with Crippen molar-refractivity contribution in [3.05, 3.63) is 129 Å². The highest BCUT2D eigenvalue weighted by molar-refractivity contribution is 9.10. The van der Waals surface area contributed by atoms with Crippen LogP contribution in [0.2, 0.25) is 5.02 Å². The molecule has 0 aliphatic heterocycles. The van der Waals surface area contributed by atoms with Gasteiger partial charge in [-0.3, -0.25) is 4.79 Å². The zero-order valence-electron chi connectivity index (χ0n) is 20.9. The fourth-order valence-corrected chi connectivity index (χ4v) is 4.92. The first-order valence-electron chi connectivity index (χ1n) is 12.4. The Morgan fingerprint density at radius 3 is 2.55 bits per heavy atom. The van der Waals surface area contributed by atoms with E-state index in [9.17, 15) is 4.79 Å². The topological polar surface area (TPSA) is 59.3 Å². The number of nitrogens with zero attached hydrogens (tertiary/aromatic N) is 3. The number of nitrogens with one attached hydrogen (secondary N) is 1. The zero-order valence-corrected chi connectivity index (χ0v) is 23.2. The molecule has 190 valence electrons. The molecule has 0 saturated heterocycles. The van der Waals surface area contributed by atoms with Gasteiger partial charge in [-0.25, -0.2) is 9.50 Å². The van der Waals surface area contributed by atoms with Crippen molar-refractivity contribution < 1.29 is 4.79 Å². The predicted octanol–water partition coefficient (Wildman–Crippen LogP) is 7.32. The summed E-state index contributed by atoms with van der Waals surface area (Å²) in [6.07, 6.45) is 5.23. The normalized spacial score (nSPS) is 11.6. The van der Waals surface area contributed by atoms with Crippen molar-refractivity contribution in [3.8, 4) is 11.3 Å². The standard InChI is InChI=1S/C31H26BrClN4O/c1-21(16-22-8-3-2-4-9-22)31(38)34-19-24-11-7-10-23(17-24)14-15-25-18-29(26-12-5-6-13-28(26)33)36-30-27(32)20-35-37(25)30/h2-13,16-18,20H,14-15,19H2,1H3,(H,34,38). The van der Waals surface area contributed by atoms with Gasteiger partial charge in [0.2, 0.25) is 5.91 Å². The minimum atomic E-state index is -0.0743. The molecule has 5 aromatic rings. The van der Waals surface area contributed by atoms with E-state index in [2.05, 4.69) is 44.5 Å². The lowest BCUT2D eigenvalue weighted by molar-refractivity contribution is -0.117. The molecule has 0 saturated carbocycles. The molecular weight excluding hydrogens is 560 g/mol. The Bertz CT molecular complexity index is 1630. The molecular formula is C31H26BrClN4O. The van der Waals surface area contributed by atoms with Gasteiger partial charge in [0.15, 0.2) is 5.65 Å². The Labute approximate surface area is 235 Å². The average molecular weight is 586 g/mol. The summed E-state index contributed by atoms with van der Waals surface area (Å²) in [5.74, 6) is -0.0743. The Balaban J connectivity index is 1.29. The van der Waals surface area contributed by atoms with E-state index in [0.717, 1.165) is 51.0 Å². The first kappa shape index (κ1) is 25.9. The molecule has 5 rings (SSSR count). The molecule has 7 heteroatoms. The SMILES string of the molecule is CC(=Cc1ccccc1)C(=O)NCc1cccc(CCc2cc(-c3ccccc3Cl)nc3c(Br)cnn23)c1. The molecule has 0 radical (unpaired) electrons. The summed E-state index contributed by atoms with van der Waals surface area (Å²) in [5, 5.41) is 8.21. The van der Waals surface area contributed by atoms with Gasteiger partial charge in [-0.1, -0.05) is 84.4 Å². The van der Waals surface area contributed by atoms with Crippen molar-refractivity contribution in [2.75, 3.05) is 0 Å². The second-order valence-electron chi connectivity index (χ2n) is 9.08. The van der Waals surface area contributed by atoms with Gasteiger partial charge in [0.1, 0.15) is 0 Å². The fraction of sp³-hybridized carbons (Fsp3) is 0.129. The molecule has 0 atom stereocenters. The lowest BCUT2D eigenvalue weighted by Gasteiger charge is -2.11. The molecule has 1 N–H and O–H groups in total. The largest absolute Gasteiger partial charge is 0.348 e. The first-order valence-corrected chi connectivity index (χ1v) is 13.5. The van der Waals surface area contributed by atoms with Crippen molar-refractivity contribution in [1.29, 1.82) is 0 Å². The second kappa shape index (κ2) is 11.8. The smallest absolute Gasteiger partial charge is 0.247 e. The lowest BCUT2D eigenvalue weighted by atomic mass is 10.0. The van der Waals surface area contributed by atoms with E-state index in [-0.39, 0.29) is 5.91 Å². The number of carbonyl (C=O) groups is 1. The van der Waals surface area contributed by atoms with Crippen LogP contribution in [0.3, 0.4) is 0 Å². The Morgan fingerprint density at radius 2 is 1.74 bits per heavy atom. The minimum absolute atomic E-state index is 0.0743. The summed E-state index contributed by atoms with van der Waals surface area (Å²) in [6.45, 7) is 2.30. The number of rotatable bonds is 8. The van der Waals surface area contributed by atoms with Gasteiger partial charge in [0, 0.05) is 28.4 Å². The van der Waals surface area contributed by atoms with Gasteiger partial charge in [0.05, 0.1) is 16.4 Å². The van der Waals surface area contributed by atoms with Crippen molar-refractivity contribution in [3.63, 3.8) is 0 Å². The third-order valence-corrected chi connectivity index (χ3v) is 7.20. The quantitative estimate of drug-likeness (QED) is 0.194. The van der Waals surface area contributed by atoms with Crippen LogP contribution in [0.15, 0.2) is 101 Å². The van der Waals surface area contributed by atoms with Crippen LogP contribution in [-0.2, 0) is 24.2 Å². The van der Waals surface area contributed by atoms with E-state index in [1.807, 2.05) is 84.2 Å². The lowest BCUT2D eigenvalue weighted by Crippen LogP contribution is -2.23. The molecule has 5 nitrogen and oxygen atoms in total. The van der Waals surface area contributed by atoms with E-state index < -0.39 is 0 Å². The third-order valence-electron chi connectivity index (χ3n) is 6.31. The number of hydrogen-bond acceptors (Lipinski definition) is 3. The molecule has 0 aliphatic carbocycles.